The molecule has 0 radical (unpaired) electrons. The second kappa shape index (κ2) is 22.1. The quantitative estimate of drug-likeness (QED) is 0.0435. The Morgan fingerprint density at radius 3 is 2.52 bits per heavy atom. The van der Waals surface area contributed by atoms with Crippen molar-refractivity contribution < 1.29 is 48.3 Å². The Balaban J connectivity index is 1.43. The van der Waals surface area contributed by atoms with Crippen LogP contribution in [0.25, 0.3) is 0 Å². The van der Waals surface area contributed by atoms with Crippen LogP contribution in [0.2, 0.25) is 0 Å². The van der Waals surface area contributed by atoms with Crippen molar-refractivity contribution >= 4 is 17.9 Å². The van der Waals surface area contributed by atoms with Gasteiger partial charge in [-0.1, -0.05) is 61.3 Å². The van der Waals surface area contributed by atoms with Gasteiger partial charge in [-0.15, -0.1) is 6.58 Å². The van der Waals surface area contributed by atoms with Crippen molar-refractivity contribution in [1.29, 1.82) is 0 Å². The highest BCUT2D eigenvalue weighted by Gasteiger charge is 2.65. The van der Waals surface area contributed by atoms with E-state index in [0.29, 0.717) is 67.4 Å². The Labute approximate surface area is 371 Å². The maximum absolute atomic E-state index is 15.0. The number of hydrogen-bond donors (Lipinski definition) is 2. The SMILES string of the molecule is C=CCO[C@@]12Oc3ccc(Oc4cccc(C=O)c4)cc3[C@H]3[C@H](CCCCO)[C@@H](CCCCO)C=C(C(=NOC4CCCCO4)C[C@@H]1N(CCC)C(=O)Cc1cccc(OC)c1)[C@H]32. The van der Waals surface area contributed by atoms with E-state index in [2.05, 4.69) is 19.6 Å². The number of oxime groups is 1. The molecule has 2 fully saturated rings. The van der Waals surface area contributed by atoms with Crippen molar-refractivity contribution in [3.05, 3.63) is 108 Å². The number of aliphatic hydroxyl groups is 2. The van der Waals surface area contributed by atoms with Gasteiger partial charge >= 0.3 is 0 Å². The minimum atomic E-state index is -1.39. The first-order valence-corrected chi connectivity index (χ1v) is 22.9. The number of aliphatic hydroxyl groups excluding tert-OH is 2. The van der Waals surface area contributed by atoms with Gasteiger partial charge in [0, 0.05) is 49.6 Å². The molecule has 0 bridgehead atoms. The minimum Gasteiger partial charge on any atom is -0.497 e. The summed E-state index contributed by atoms with van der Waals surface area (Å²) < 4.78 is 32.5. The van der Waals surface area contributed by atoms with Gasteiger partial charge in [0.25, 0.3) is 0 Å². The van der Waals surface area contributed by atoms with Crippen LogP contribution < -0.4 is 14.2 Å². The van der Waals surface area contributed by atoms with Gasteiger partial charge in [-0.2, -0.15) is 0 Å². The Morgan fingerprint density at radius 1 is 0.984 bits per heavy atom. The number of amides is 1. The summed E-state index contributed by atoms with van der Waals surface area (Å²) in [6.45, 7) is 7.52. The number of rotatable bonds is 22. The molecule has 7 atom stereocenters. The van der Waals surface area contributed by atoms with Crippen LogP contribution in [0.15, 0.2) is 96.2 Å². The molecule has 12 heteroatoms. The Hall–Kier alpha value is -5.01. The molecule has 0 aromatic heterocycles. The number of carbonyl (C=O) groups excluding carboxylic acids is 2. The zero-order valence-electron chi connectivity index (χ0n) is 36.8. The van der Waals surface area contributed by atoms with Gasteiger partial charge in [0.15, 0.2) is 0 Å². The number of hydrogen-bond acceptors (Lipinski definition) is 11. The summed E-state index contributed by atoms with van der Waals surface area (Å²) in [5, 5.41) is 24.9. The van der Waals surface area contributed by atoms with Crippen molar-refractivity contribution in [1.82, 2.24) is 4.90 Å². The molecule has 7 rings (SSSR count). The van der Waals surface area contributed by atoms with E-state index in [1.165, 1.54) is 0 Å². The first kappa shape index (κ1) is 46.0. The van der Waals surface area contributed by atoms with Gasteiger partial charge in [-0.3, -0.25) is 9.59 Å². The average molecular weight is 865 g/mol. The molecular formula is C51H64N2O10. The van der Waals surface area contributed by atoms with E-state index < -0.39 is 24.0 Å². The number of ether oxygens (including phenoxy) is 5. The molecular weight excluding hydrogens is 801 g/mol. The molecule has 1 saturated carbocycles. The van der Waals surface area contributed by atoms with Gasteiger partial charge < -0.3 is 43.6 Å². The smallest absolute Gasteiger partial charge is 0.239 e. The Morgan fingerprint density at radius 2 is 1.78 bits per heavy atom. The largest absolute Gasteiger partial charge is 0.497 e. The molecule has 1 amide bonds. The predicted molar refractivity (Wildman–Crippen MR) is 240 cm³/mol. The normalized spacial score (nSPS) is 25.5. The third-order valence-electron chi connectivity index (χ3n) is 12.9. The molecule has 2 aliphatic carbocycles. The van der Waals surface area contributed by atoms with Crippen molar-refractivity contribution in [2.75, 3.05) is 40.1 Å². The highest BCUT2D eigenvalue weighted by Crippen LogP contribution is 2.62. The van der Waals surface area contributed by atoms with Crippen molar-refractivity contribution in [2.45, 2.75) is 108 Å². The van der Waals surface area contributed by atoms with Crippen molar-refractivity contribution in [3.63, 3.8) is 0 Å². The highest BCUT2D eigenvalue weighted by molar-refractivity contribution is 6.03. The van der Waals surface area contributed by atoms with Gasteiger partial charge in [0.05, 0.1) is 38.4 Å². The van der Waals surface area contributed by atoms with Crippen LogP contribution in [0.4, 0.5) is 0 Å². The number of carbonyl (C=O) groups is 2. The fourth-order valence-corrected chi connectivity index (χ4v) is 10.2. The molecule has 2 aliphatic heterocycles. The molecule has 63 heavy (non-hydrogen) atoms. The Bertz CT molecular complexity index is 2080. The number of unbranched alkanes of at least 4 members (excludes halogenated alkanes) is 2. The first-order chi connectivity index (χ1) is 30.9. The number of methoxy groups -OCH3 is 1. The Kier molecular flexibility index (Phi) is 16.1. The fourth-order valence-electron chi connectivity index (χ4n) is 10.2. The summed E-state index contributed by atoms with van der Waals surface area (Å²) in [7, 11) is 1.62. The third-order valence-corrected chi connectivity index (χ3v) is 12.9. The molecule has 1 unspecified atom stereocenters. The van der Waals surface area contributed by atoms with E-state index in [1.54, 1.807) is 31.4 Å². The lowest BCUT2D eigenvalue weighted by molar-refractivity contribution is -0.257. The summed E-state index contributed by atoms with van der Waals surface area (Å²) in [5.41, 5.74) is 3.96. The van der Waals surface area contributed by atoms with Crippen LogP contribution in [0.3, 0.4) is 0 Å². The lowest BCUT2D eigenvalue weighted by Gasteiger charge is -2.60. The summed E-state index contributed by atoms with van der Waals surface area (Å²) >= 11 is 0. The van der Waals surface area contributed by atoms with Gasteiger partial charge in [-0.25, -0.2) is 0 Å². The number of allylic oxidation sites excluding steroid dienone is 1. The maximum Gasteiger partial charge on any atom is 0.239 e. The zero-order valence-corrected chi connectivity index (χ0v) is 36.8. The lowest BCUT2D eigenvalue weighted by atomic mass is 9.55. The second-order valence-electron chi connectivity index (χ2n) is 17.1. The predicted octanol–water partition coefficient (Wildman–Crippen LogP) is 8.94. The van der Waals surface area contributed by atoms with Crippen molar-refractivity contribution in [2.24, 2.45) is 22.9 Å². The summed E-state index contributed by atoms with van der Waals surface area (Å²) in [4.78, 5) is 34.9. The fraction of sp³-hybridized carbons (Fsp3) is 0.510. The third kappa shape index (κ3) is 10.5. The van der Waals surface area contributed by atoms with E-state index >= 15 is 0 Å². The molecule has 1 saturated heterocycles. The summed E-state index contributed by atoms with van der Waals surface area (Å²) in [6.07, 6.45) is 12.7. The number of nitrogens with zero attached hydrogens (tertiary/aromatic N) is 2. The van der Waals surface area contributed by atoms with E-state index in [9.17, 15) is 19.8 Å². The van der Waals surface area contributed by atoms with Gasteiger partial charge in [0.2, 0.25) is 18.0 Å². The molecule has 3 aromatic carbocycles. The molecule has 4 aliphatic rings. The van der Waals surface area contributed by atoms with Gasteiger partial charge in [-0.05, 0) is 110 Å². The zero-order chi connectivity index (χ0) is 44.2. The maximum atomic E-state index is 15.0. The van der Waals surface area contributed by atoms with Crippen LogP contribution in [0.5, 0.6) is 23.0 Å². The second-order valence-corrected chi connectivity index (χ2v) is 17.1. The number of fused-ring (bicyclic) bond motifs is 2. The molecule has 2 heterocycles. The molecule has 0 spiro atoms. The monoisotopic (exact) mass is 864 g/mol. The summed E-state index contributed by atoms with van der Waals surface area (Å²) in [6, 6.07) is 19.9. The van der Waals surface area contributed by atoms with Crippen LogP contribution >= 0.6 is 0 Å². The van der Waals surface area contributed by atoms with Crippen LogP contribution in [-0.4, -0.2) is 91.2 Å². The van der Waals surface area contributed by atoms with E-state index in [-0.39, 0.29) is 49.9 Å². The molecule has 3 aromatic rings. The lowest BCUT2D eigenvalue weighted by Crippen LogP contribution is -2.70. The molecule has 2 N–H and O–H groups in total. The van der Waals surface area contributed by atoms with Crippen LogP contribution in [0, 0.1) is 17.8 Å². The standard InChI is InChI=1S/C51H64N2O10/c1-4-23-53(47(57)30-35-14-12-17-38(28-35)58-3)46-33-44(52-63-48-20-8-11-27-59-48)42-31-37(16-6-9-24-54)41(19-7-10-25-55)49-43-32-40(61-39-18-13-15-36(29-39)34-56)21-22-45(43)62-51(46,50(42)49)60-26-5-2/h5,12-15,17-18,21-22,28-29,31-32,34,37,41,46,48-50,54-55H,2,4,6-11,16,19-20,23-27,30,33H2,1,3H3/t37-,41+,46-,48?,49+,50+,51+/m0/s1. The number of benzene rings is 3. The highest BCUT2D eigenvalue weighted by atomic mass is 16.8. The molecule has 338 valence electrons. The van der Waals surface area contributed by atoms with Gasteiger partial charge in [0.1, 0.15) is 35.3 Å². The number of aldehydes is 1. The van der Waals surface area contributed by atoms with E-state index in [0.717, 1.165) is 73.6 Å². The average Bonchev–Trinajstić information content (AvgIpc) is 3.31. The minimum absolute atomic E-state index is 0.0432. The molecule has 12 nitrogen and oxygen atoms in total. The van der Waals surface area contributed by atoms with E-state index in [4.69, 9.17) is 33.7 Å². The summed E-state index contributed by atoms with van der Waals surface area (Å²) in [5.74, 6) is 0.376. The van der Waals surface area contributed by atoms with E-state index in [1.807, 2.05) is 53.4 Å². The first-order valence-electron chi connectivity index (χ1n) is 22.9. The van der Waals surface area contributed by atoms with Crippen LogP contribution in [0.1, 0.15) is 105 Å². The van der Waals surface area contributed by atoms with Crippen LogP contribution in [-0.2, 0) is 25.5 Å². The van der Waals surface area contributed by atoms with Crippen molar-refractivity contribution in [3.8, 4) is 23.0 Å². The topological polar surface area (TPSA) is 146 Å².